The summed E-state index contributed by atoms with van der Waals surface area (Å²) in [7, 11) is 0. The summed E-state index contributed by atoms with van der Waals surface area (Å²) in [6, 6.07) is 0. The number of aliphatic hydroxyl groups excluding tert-OH is 11. The van der Waals surface area contributed by atoms with Crippen molar-refractivity contribution in [2.24, 2.45) is 0 Å². The van der Waals surface area contributed by atoms with E-state index in [-0.39, 0.29) is 0 Å². The first-order chi connectivity index (χ1) is 11.1. The van der Waals surface area contributed by atoms with Crippen molar-refractivity contribution in [3.8, 4) is 0 Å². The van der Waals surface area contributed by atoms with Crippen LogP contribution in [0, 0.1) is 0 Å². The highest BCUT2D eigenvalue weighted by Crippen LogP contribution is 2.19. The van der Waals surface area contributed by atoms with E-state index >= 15 is 0 Å². The number of rotatable bonds is 6. The first kappa shape index (κ1) is 23.5. The van der Waals surface area contributed by atoms with Gasteiger partial charge in [-0.1, -0.05) is 0 Å². The molecule has 1 aliphatic rings. The summed E-state index contributed by atoms with van der Waals surface area (Å²) in [6.07, 6.45) is -13.4. The van der Waals surface area contributed by atoms with Gasteiger partial charge >= 0.3 is 0 Å². The molecule has 0 aromatic rings. The Bertz CT molecular complexity index is 308. The van der Waals surface area contributed by atoms with Crippen LogP contribution in [-0.2, 0) is 4.74 Å². The van der Waals surface area contributed by atoms with Crippen LogP contribution < -0.4 is 0 Å². The Hall–Kier alpha value is -0.480. The fraction of sp³-hybridized carbons (Fsp3) is 1.00. The van der Waals surface area contributed by atoms with Gasteiger partial charge in [0, 0.05) is 0 Å². The van der Waals surface area contributed by atoms with Gasteiger partial charge in [0.05, 0.1) is 19.8 Å². The zero-order chi connectivity index (χ0) is 19.0. The Morgan fingerprint density at radius 2 is 1.08 bits per heavy atom. The molecule has 0 aromatic carbocycles. The summed E-state index contributed by atoms with van der Waals surface area (Å²) >= 11 is 0. The Morgan fingerprint density at radius 3 is 1.42 bits per heavy atom. The molecule has 0 radical (unpaired) electrons. The third-order valence-electron chi connectivity index (χ3n) is 3.38. The van der Waals surface area contributed by atoms with Gasteiger partial charge in [-0.25, -0.2) is 0 Å². The Kier molecular flexibility index (Phi) is 11.0. The zero-order valence-electron chi connectivity index (χ0n) is 12.6. The fourth-order valence-electron chi connectivity index (χ4n) is 1.75. The van der Waals surface area contributed by atoms with E-state index in [2.05, 4.69) is 4.74 Å². The highest BCUT2D eigenvalue weighted by Gasteiger charge is 2.42. The van der Waals surface area contributed by atoms with Crippen LogP contribution in [0.3, 0.4) is 0 Å². The maximum atomic E-state index is 9.12. The second kappa shape index (κ2) is 11.2. The van der Waals surface area contributed by atoms with Gasteiger partial charge in [0.2, 0.25) is 0 Å². The molecule has 1 heterocycles. The molecule has 146 valence electrons. The predicted octanol–water partition coefficient (Wildman–Crippen LogP) is -6.81. The maximum Gasteiger partial charge on any atom is 0.184 e. The van der Waals surface area contributed by atoms with E-state index in [1.165, 1.54) is 0 Å². The van der Waals surface area contributed by atoms with Gasteiger partial charge in [0.1, 0.15) is 48.8 Å². The molecule has 12 heteroatoms. The van der Waals surface area contributed by atoms with Gasteiger partial charge < -0.3 is 60.9 Å². The maximum absolute atomic E-state index is 9.12. The fourth-order valence-corrected chi connectivity index (χ4v) is 1.75. The third-order valence-corrected chi connectivity index (χ3v) is 3.38. The van der Waals surface area contributed by atoms with Crippen molar-refractivity contribution in [1.82, 2.24) is 0 Å². The first-order valence-electron chi connectivity index (χ1n) is 7.04. The minimum Gasteiger partial charge on any atom is -0.394 e. The molecular formula is C12H26O12. The minimum absolute atomic E-state index is 0.526. The molecule has 0 aromatic heterocycles. The molecule has 11 N–H and O–H groups in total. The normalized spacial score (nSPS) is 35.4. The van der Waals surface area contributed by atoms with Crippen LogP contribution in [0.1, 0.15) is 0 Å². The number of hydrogen-bond acceptors (Lipinski definition) is 12. The van der Waals surface area contributed by atoms with E-state index in [0.717, 1.165) is 0 Å². The average molecular weight is 362 g/mol. The second-order valence-corrected chi connectivity index (χ2v) is 5.20. The third kappa shape index (κ3) is 6.44. The molecule has 4 unspecified atom stereocenters. The largest absolute Gasteiger partial charge is 0.394 e. The second-order valence-electron chi connectivity index (χ2n) is 5.20. The summed E-state index contributed by atoms with van der Waals surface area (Å²) in [5.74, 6) is 0. The van der Waals surface area contributed by atoms with Gasteiger partial charge in [-0.3, -0.25) is 0 Å². The standard InChI is InChI=1S/C6H12O6.C6H14O6/c7-1-2-3(8)4(9)5(10)6(11)12-2;7-1-3(9)5(11)6(12)4(10)2-8/h2-11H,1H2;3-12H,1-2H2/t2-,3+,4+,5-,6-;/m1./s1. The predicted molar refractivity (Wildman–Crippen MR) is 74.2 cm³/mol. The lowest BCUT2D eigenvalue weighted by Crippen LogP contribution is -2.58. The monoisotopic (exact) mass is 362 g/mol. The Morgan fingerprint density at radius 1 is 0.667 bits per heavy atom. The van der Waals surface area contributed by atoms with Gasteiger partial charge in [-0.15, -0.1) is 0 Å². The molecule has 0 spiro atoms. The van der Waals surface area contributed by atoms with Crippen LogP contribution in [0.2, 0.25) is 0 Å². The van der Waals surface area contributed by atoms with E-state index in [4.69, 9.17) is 56.2 Å². The van der Waals surface area contributed by atoms with Gasteiger partial charge in [-0.05, 0) is 0 Å². The van der Waals surface area contributed by atoms with Crippen molar-refractivity contribution in [3.63, 3.8) is 0 Å². The summed E-state index contributed by atoms with van der Waals surface area (Å²) in [5.41, 5.74) is 0. The van der Waals surface area contributed by atoms with Crippen molar-refractivity contribution in [1.29, 1.82) is 0 Å². The Balaban J connectivity index is 0.000000441. The number of hydrogen-bond donors (Lipinski definition) is 11. The first-order valence-corrected chi connectivity index (χ1v) is 7.04. The van der Waals surface area contributed by atoms with Crippen LogP contribution in [0.5, 0.6) is 0 Å². The highest BCUT2D eigenvalue weighted by molar-refractivity contribution is 4.88. The molecule has 0 bridgehead atoms. The van der Waals surface area contributed by atoms with Crippen molar-refractivity contribution < 1.29 is 60.9 Å². The lowest BCUT2D eigenvalue weighted by molar-refractivity contribution is -0.286. The van der Waals surface area contributed by atoms with E-state index in [1.807, 2.05) is 0 Å². The molecule has 9 atom stereocenters. The molecule has 24 heavy (non-hydrogen) atoms. The molecule has 1 aliphatic heterocycles. The summed E-state index contributed by atoms with van der Waals surface area (Å²) in [6.45, 7) is -1.98. The number of ether oxygens (including phenoxy) is 1. The van der Waals surface area contributed by atoms with Gasteiger partial charge in [0.25, 0.3) is 0 Å². The quantitative estimate of drug-likeness (QED) is 0.212. The molecule has 0 amide bonds. The lowest BCUT2D eigenvalue weighted by Gasteiger charge is -2.37. The average Bonchev–Trinajstić information content (AvgIpc) is 2.60. The molecule has 1 fully saturated rings. The lowest BCUT2D eigenvalue weighted by atomic mass is 10.00. The molecule has 0 aliphatic carbocycles. The SMILES string of the molecule is OCC(O)C(O)C(O)C(O)CO.OC[C@H]1O[C@@H](O)[C@H](O)[C@@H](O)[C@H]1O. The topological polar surface area (TPSA) is 232 Å². The molecule has 1 rings (SSSR count). The smallest absolute Gasteiger partial charge is 0.184 e. The minimum atomic E-state index is -1.67. The zero-order valence-corrected chi connectivity index (χ0v) is 12.6. The number of aliphatic hydroxyl groups is 11. The molecule has 1 saturated heterocycles. The van der Waals surface area contributed by atoms with Crippen LogP contribution in [0.15, 0.2) is 0 Å². The van der Waals surface area contributed by atoms with Crippen LogP contribution in [0.25, 0.3) is 0 Å². The van der Waals surface area contributed by atoms with Crippen molar-refractivity contribution >= 4 is 0 Å². The van der Waals surface area contributed by atoms with E-state index in [0.29, 0.717) is 0 Å². The molecule has 0 saturated carbocycles. The van der Waals surface area contributed by atoms with Crippen LogP contribution in [0.4, 0.5) is 0 Å². The van der Waals surface area contributed by atoms with Gasteiger partial charge in [-0.2, -0.15) is 0 Å². The van der Waals surface area contributed by atoms with E-state index in [1.54, 1.807) is 0 Å². The van der Waals surface area contributed by atoms with Gasteiger partial charge in [0.15, 0.2) is 6.29 Å². The molecular weight excluding hydrogens is 336 g/mol. The van der Waals surface area contributed by atoms with Crippen LogP contribution >= 0.6 is 0 Å². The van der Waals surface area contributed by atoms with E-state index in [9.17, 15) is 0 Å². The van der Waals surface area contributed by atoms with Crippen molar-refractivity contribution in [2.45, 2.75) is 55.1 Å². The van der Waals surface area contributed by atoms with Crippen molar-refractivity contribution in [2.75, 3.05) is 19.8 Å². The summed E-state index contributed by atoms with van der Waals surface area (Å²) in [5, 5.41) is 96.8. The van der Waals surface area contributed by atoms with E-state index < -0.39 is 74.9 Å². The van der Waals surface area contributed by atoms with Crippen molar-refractivity contribution in [3.05, 3.63) is 0 Å². The summed E-state index contributed by atoms with van der Waals surface area (Å²) < 4.78 is 4.58. The van der Waals surface area contributed by atoms with Crippen LogP contribution in [-0.4, -0.2) is 131 Å². The molecule has 12 nitrogen and oxygen atoms in total. The Labute approximate surface area is 137 Å². The highest BCUT2D eigenvalue weighted by atomic mass is 16.6. The summed E-state index contributed by atoms with van der Waals surface area (Å²) in [4.78, 5) is 0.